The van der Waals surface area contributed by atoms with Crippen LogP contribution in [-0.2, 0) is 22.7 Å². The van der Waals surface area contributed by atoms with Crippen LogP contribution in [0.15, 0.2) is 47.4 Å². The Kier molecular flexibility index (Phi) is 3.93. The molecule has 0 saturated heterocycles. The number of alkyl halides is 1. The van der Waals surface area contributed by atoms with E-state index in [0.29, 0.717) is 4.90 Å². The predicted molar refractivity (Wildman–Crippen MR) is 88.8 cm³/mol. The molecule has 1 atom stereocenters. The van der Waals surface area contributed by atoms with E-state index in [2.05, 4.69) is 34.1 Å². The van der Waals surface area contributed by atoms with Crippen molar-refractivity contribution in [2.24, 2.45) is 0 Å². The van der Waals surface area contributed by atoms with Crippen molar-refractivity contribution >= 4 is 25.8 Å². The molecule has 0 amide bonds. The van der Waals surface area contributed by atoms with Crippen molar-refractivity contribution in [1.82, 2.24) is 0 Å². The molecule has 2 aromatic rings. The van der Waals surface area contributed by atoms with E-state index >= 15 is 0 Å². The number of halogens is 1. The third-order valence-corrected chi connectivity index (χ3v) is 6.16. The van der Waals surface area contributed by atoms with Gasteiger partial charge in [0.25, 0.3) is 0 Å². The summed E-state index contributed by atoms with van der Waals surface area (Å²) in [6.45, 7) is 0. The van der Waals surface area contributed by atoms with Crippen molar-refractivity contribution in [1.29, 1.82) is 0 Å². The van der Waals surface area contributed by atoms with Crippen LogP contribution in [0.2, 0.25) is 0 Å². The van der Waals surface area contributed by atoms with Gasteiger partial charge in [-0.05, 0) is 53.6 Å². The van der Waals surface area contributed by atoms with Crippen molar-refractivity contribution in [2.75, 3.05) is 6.26 Å². The van der Waals surface area contributed by atoms with Gasteiger partial charge in [-0.1, -0.05) is 46.3 Å². The molecule has 1 aliphatic carbocycles. The molecule has 0 N–H and O–H groups in total. The van der Waals surface area contributed by atoms with Crippen LogP contribution in [0.1, 0.15) is 33.5 Å². The highest BCUT2D eigenvalue weighted by molar-refractivity contribution is 9.09. The van der Waals surface area contributed by atoms with Crippen LogP contribution in [0.3, 0.4) is 0 Å². The highest BCUT2D eigenvalue weighted by atomic mass is 79.9. The van der Waals surface area contributed by atoms with E-state index < -0.39 is 9.84 Å². The maximum absolute atomic E-state index is 11.7. The van der Waals surface area contributed by atoms with E-state index in [-0.39, 0.29) is 4.83 Å². The zero-order chi connectivity index (χ0) is 15.0. The van der Waals surface area contributed by atoms with Crippen LogP contribution in [0, 0.1) is 0 Å². The van der Waals surface area contributed by atoms with Gasteiger partial charge >= 0.3 is 0 Å². The summed E-state index contributed by atoms with van der Waals surface area (Å²) in [7, 11) is -3.17. The van der Waals surface area contributed by atoms with Crippen LogP contribution in [0.5, 0.6) is 0 Å². The SMILES string of the molecule is CS(=O)(=O)c1cccc(C(Br)c2ccc3c(c2)CCC3)c1. The lowest BCUT2D eigenvalue weighted by atomic mass is 10.0. The number of hydrogen-bond acceptors (Lipinski definition) is 2. The zero-order valence-electron chi connectivity index (χ0n) is 11.8. The summed E-state index contributed by atoms with van der Waals surface area (Å²) in [5, 5.41) is 0. The van der Waals surface area contributed by atoms with Crippen LogP contribution in [-0.4, -0.2) is 14.7 Å². The molecule has 1 aliphatic rings. The van der Waals surface area contributed by atoms with E-state index in [4.69, 9.17) is 0 Å². The van der Waals surface area contributed by atoms with Crippen LogP contribution >= 0.6 is 15.9 Å². The first kappa shape index (κ1) is 14.8. The largest absolute Gasteiger partial charge is 0.224 e. The minimum absolute atomic E-state index is 0.0186. The van der Waals surface area contributed by atoms with Crippen LogP contribution in [0.25, 0.3) is 0 Å². The Bertz CT molecular complexity index is 781. The van der Waals surface area contributed by atoms with Gasteiger partial charge < -0.3 is 0 Å². The van der Waals surface area contributed by atoms with Crippen molar-refractivity contribution < 1.29 is 8.42 Å². The first-order valence-electron chi connectivity index (χ1n) is 7.01. The molecular weight excluding hydrogens is 348 g/mol. The molecule has 2 nitrogen and oxygen atoms in total. The second kappa shape index (κ2) is 5.58. The lowest BCUT2D eigenvalue weighted by Gasteiger charge is -2.13. The molecule has 0 radical (unpaired) electrons. The number of aryl methyl sites for hydroxylation is 2. The lowest BCUT2D eigenvalue weighted by Crippen LogP contribution is -2.00. The Balaban J connectivity index is 1.97. The average Bonchev–Trinajstić information content (AvgIpc) is 2.93. The predicted octanol–water partition coefficient (Wildman–Crippen LogP) is 4.06. The first-order chi connectivity index (χ1) is 9.95. The first-order valence-corrected chi connectivity index (χ1v) is 9.81. The summed E-state index contributed by atoms with van der Waals surface area (Å²) in [5.74, 6) is 0. The van der Waals surface area contributed by atoms with Crippen LogP contribution < -0.4 is 0 Å². The summed E-state index contributed by atoms with van der Waals surface area (Å²) >= 11 is 3.71. The Morgan fingerprint density at radius 2 is 1.71 bits per heavy atom. The average molecular weight is 365 g/mol. The quantitative estimate of drug-likeness (QED) is 0.769. The fourth-order valence-electron chi connectivity index (χ4n) is 2.84. The highest BCUT2D eigenvalue weighted by Gasteiger charge is 2.17. The molecule has 4 heteroatoms. The maximum Gasteiger partial charge on any atom is 0.175 e. The summed E-state index contributed by atoms with van der Waals surface area (Å²) in [6, 6.07) is 13.7. The summed E-state index contributed by atoms with van der Waals surface area (Å²) in [5.41, 5.74) is 5.02. The van der Waals surface area contributed by atoms with Crippen molar-refractivity contribution in [3.05, 3.63) is 64.7 Å². The van der Waals surface area contributed by atoms with Gasteiger partial charge in [-0.15, -0.1) is 0 Å². The van der Waals surface area contributed by atoms with Crippen LogP contribution in [0.4, 0.5) is 0 Å². The zero-order valence-corrected chi connectivity index (χ0v) is 14.2. The number of fused-ring (bicyclic) bond motifs is 1. The van der Waals surface area contributed by atoms with Crippen molar-refractivity contribution in [2.45, 2.75) is 29.0 Å². The van der Waals surface area contributed by atoms with Gasteiger partial charge in [-0.2, -0.15) is 0 Å². The number of sulfone groups is 1. The topological polar surface area (TPSA) is 34.1 Å². The summed E-state index contributed by atoms with van der Waals surface area (Å²) in [4.78, 5) is 0.385. The second-order valence-corrected chi connectivity index (χ2v) is 8.52. The minimum Gasteiger partial charge on any atom is -0.224 e. The number of benzene rings is 2. The van der Waals surface area contributed by atoms with E-state index in [1.807, 2.05) is 6.07 Å². The molecule has 1 unspecified atom stereocenters. The van der Waals surface area contributed by atoms with Crippen molar-refractivity contribution in [3.63, 3.8) is 0 Å². The molecule has 0 fully saturated rings. The van der Waals surface area contributed by atoms with Gasteiger partial charge in [0.1, 0.15) is 0 Å². The molecule has 0 saturated carbocycles. The summed E-state index contributed by atoms with van der Waals surface area (Å²) in [6.07, 6.45) is 4.79. The molecule has 110 valence electrons. The fourth-order valence-corrected chi connectivity index (χ4v) is 4.09. The normalized spacial score (nSPS) is 15.7. The molecule has 0 aliphatic heterocycles. The molecule has 2 aromatic carbocycles. The Morgan fingerprint density at radius 1 is 1.00 bits per heavy atom. The van der Waals surface area contributed by atoms with Gasteiger partial charge in [0.2, 0.25) is 0 Å². The number of hydrogen-bond donors (Lipinski definition) is 0. The van der Waals surface area contributed by atoms with E-state index in [1.54, 1.807) is 18.2 Å². The Morgan fingerprint density at radius 3 is 2.48 bits per heavy atom. The smallest absolute Gasteiger partial charge is 0.175 e. The van der Waals surface area contributed by atoms with Gasteiger partial charge in [0.15, 0.2) is 9.84 Å². The number of rotatable bonds is 3. The monoisotopic (exact) mass is 364 g/mol. The maximum atomic E-state index is 11.7. The molecule has 0 aromatic heterocycles. The molecule has 0 heterocycles. The second-order valence-electron chi connectivity index (χ2n) is 5.59. The lowest BCUT2D eigenvalue weighted by molar-refractivity contribution is 0.602. The molecule has 3 rings (SSSR count). The molecule has 0 bridgehead atoms. The third-order valence-electron chi connectivity index (χ3n) is 3.99. The van der Waals surface area contributed by atoms with E-state index in [1.165, 1.54) is 35.8 Å². The molecule has 0 spiro atoms. The van der Waals surface area contributed by atoms with Gasteiger partial charge in [-0.25, -0.2) is 8.42 Å². The molecular formula is C17H17BrO2S. The van der Waals surface area contributed by atoms with Crippen molar-refractivity contribution in [3.8, 4) is 0 Å². The van der Waals surface area contributed by atoms with E-state index in [0.717, 1.165) is 12.0 Å². The van der Waals surface area contributed by atoms with Gasteiger partial charge in [-0.3, -0.25) is 0 Å². The summed E-state index contributed by atoms with van der Waals surface area (Å²) < 4.78 is 23.4. The third kappa shape index (κ3) is 3.06. The Hall–Kier alpha value is -1.13. The molecule has 21 heavy (non-hydrogen) atoms. The Labute approximate surface area is 134 Å². The highest BCUT2D eigenvalue weighted by Crippen LogP contribution is 2.34. The van der Waals surface area contributed by atoms with Gasteiger partial charge in [0, 0.05) is 6.26 Å². The minimum atomic E-state index is -3.17. The fraction of sp³-hybridized carbons (Fsp3) is 0.294. The van der Waals surface area contributed by atoms with Gasteiger partial charge in [0.05, 0.1) is 9.72 Å². The standard InChI is InChI=1S/C17H17BrO2S/c1-21(19,20)16-7-3-6-14(11-16)17(18)15-9-8-12-4-2-5-13(12)10-15/h3,6-11,17H,2,4-5H2,1H3. The van der Waals surface area contributed by atoms with E-state index in [9.17, 15) is 8.42 Å².